The third kappa shape index (κ3) is 6.38. The van der Waals surface area contributed by atoms with E-state index in [-0.39, 0.29) is 17.5 Å². The molecule has 43 heavy (non-hydrogen) atoms. The Bertz CT molecular complexity index is 1940. The Hall–Kier alpha value is -5.12. The van der Waals surface area contributed by atoms with Gasteiger partial charge in [-0.15, -0.1) is 5.10 Å². The lowest BCUT2D eigenvalue weighted by Gasteiger charge is -2.20. The van der Waals surface area contributed by atoms with Crippen molar-refractivity contribution < 1.29 is 4.79 Å². The average Bonchev–Trinajstić information content (AvgIpc) is 3.47. The third-order valence-electron chi connectivity index (χ3n) is 6.86. The molecular weight excluding hydrogens is 585 g/mol. The Balaban J connectivity index is 1.32. The summed E-state index contributed by atoms with van der Waals surface area (Å²) in [6.07, 6.45) is 6.67. The molecule has 3 aromatic carbocycles. The topological polar surface area (TPSA) is 108 Å². The fraction of sp³-hybridized carbons (Fsp3) is 0.0625. The lowest BCUT2D eigenvalue weighted by atomic mass is 10.0. The number of pyridine rings is 1. The largest absolute Gasteiger partial charge is 0.324 e. The van der Waals surface area contributed by atoms with Crippen LogP contribution in [0, 0.1) is 0 Å². The Kier molecular flexibility index (Phi) is 8.08. The number of halogens is 2. The van der Waals surface area contributed by atoms with Crippen LogP contribution >= 0.6 is 23.2 Å². The molecule has 3 heterocycles. The van der Waals surface area contributed by atoms with E-state index in [1.165, 1.54) is 21.6 Å². The molecule has 0 aliphatic heterocycles. The zero-order valence-electron chi connectivity index (χ0n) is 22.5. The molecule has 6 rings (SSSR count). The standard InChI is InChI=1S/C32H23Cl2N7O2/c33-24-8-11-28(41-19-30(34)38-39-41)26(17-24)27-18-31(42)40(20-36-27)29(16-21-4-2-1-3-5-21)32(43)37-25-9-6-22(7-10-25)23-12-14-35-15-13-23/h1-15,17-20,29H,16H2,(H,37,43). The van der Waals surface area contributed by atoms with Gasteiger partial charge in [0, 0.05) is 41.2 Å². The molecule has 1 N–H and O–H groups in total. The van der Waals surface area contributed by atoms with Crippen molar-refractivity contribution in [2.75, 3.05) is 5.32 Å². The molecule has 11 heteroatoms. The van der Waals surface area contributed by atoms with Crippen molar-refractivity contribution in [3.05, 3.63) is 142 Å². The summed E-state index contributed by atoms with van der Waals surface area (Å²) in [5.41, 5.74) is 4.60. The first-order chi connectivity index (χ1) is 20.9. The molecule has 0 saturated carbocycles. The molecule has 0 radical (unpaired) electrons. The van der Waals surface area contributed by atoms with Gasteiger partial charge in [-0.05, 0) is 59.2 Å². The van der Waals surface area contributed by atoms with E-state index in [0.717, 1.165) is 16.7 Å². The zero-order valence-corrected chi connectivity index (χ0v) is 24.0. The normalized spacial score (nSPS) is 11.7. The van der Waals surface area contributed by atoms with E-state index in [4.69, 9.17) is 23.2 Å². The van der Waals surface area contributed by atoms with Gasteiger partial charge >= 0.3 is 0 Å². The number of carbonyl (C=O) groups is 1. The summed E-state index contributed by atoms with van der Waals surface area (Å²) < 4.78 is 2.82. The molecule has 212 valence electrons. The number of hydrogen-bond donors (Lipinski definition) is 1. The number of nitrogens with zero attached hydrogens (tertiary/aromatic N) is 6. The molecule has 0 fully saturated rings. The van der Waals surface area contributed by atoms with E-state index in [2.05, 4.69) is 25.6 Å². The lowest BCUT2D eigenvalue weighted by molar-refractivity contribution is -0.119. The quantitative estimate of drug-likeness (QED) is 0.218. The van der Waals surface area contributed by atoms with Crippen LogP contribution in [-0.4, -0.2) is 35.4 Å². The van der Waals surface area contributed by atoms with Gasteiger partial charge in [0.05, 0.1) is 23.9 Å². The van der Waals surface area contributed by atoms with Gasteiger partial charge in [-0.2, -0.15) is 0 Å². The summed E-state index contributed by atoms with van der Waals surface area (Å²) in [7, 11) is 0. The molecule has 1 atom stereocenters. The molecule has 0 aliphatic carbocycles. The van der Waals surface area contributed by atoms with Crippen LogP contribution in [0.5, 0.6) is 0 Å². The lowest BCUT2D eigenvalue weighted by Crippen LogP contribution is -2.34. The number of amides is 1. The molecule has 0 saturated heterocycles. The second-order valence-corrected chi connectivity index (χ2v) is 10.5. The predicted octanol–water partition coefficient (Wildman–Crippen LogP) is 6.28. The first-order valence-corrected chi connectivity index (χ1v) is 14.0. The highest BCUT2D eigenvalue weighted by Gasteiger charge is 2.24. The minimum atomic E-state index is -0.871. The summed E-state index contributed by atoms with van der Waals surface area (Å²) in [5, 5.41) is 11.5. The number of nitrogens with one attached hydrogen (secondary N) is 1. The van der Waals surface area contributed by atoms with Crippen LogP contribution in [0.25, 0.3) is 28.1 Å². The van der Waals surface area contributed by atoms with E-state index in [1.807, 2.05) is 66.7 Å². The molecule has 1 amide bonds. The van der Waals surface area contributed by atoms with E-state index in [9.17, 15) is 9.59 Å². The minimum absolute atomic E-state index is 0.214. The van der Waals surface area contributed by atoms with Gasteiger partial charge in [0.25, 0.3) is 5.56 Å². The summed E-state index contributed by atoms with van der Waals surface area (Å²) in [4.78, 5) is 35.9. The van der Waals surface area contributed by atoms with Crippen molar-refractivity contribution >= 4 is 34.8 Å². The Labute approximate surface area is 256 Å². The van der Waals surface area contributed by atoms with E-state index < -0.39 is 11.6 Å². The van der Waals surface area contributed by atoms with Crippen molar-refractivity contribution in [3.63, 3.8) is 0 Å². The van der Waals surface area contributed by atoms with Gasteiger partial charge in [-0.1, -0.05) is 70.9 Å². The van der Waals surface area contributed by atoms with Gasteiger partial charge in [-0.3, -0.25) is 19.1 Å². The maximum Gasteiger partial charge on any atom is 0.254 e. The molecule has 3 aromatic heterocycles. The molecule has 0 bridgehead atoms. The first kappa shape index (κ1) is 28.0. The summed E-state index contributed by atoms with van der Waals surface area (Å²) in [6.45, 7) is 0. The van der Waals surface area contributed by atoms with Gasteiger partial charge in [-0.25, -0.2) is 9.67 Å². The van der Waals surface area contributed by atoms with Crippen LogP contribution in [0.3, 0.4) is 0 Å². The summed E-state index contributed by atoms with van der Waals surface area (Å²) in [5.74, 6) is -0.349. The number of carbonyl (C=O) groups excluding carboxylic acids is 1. The third-order valence-corrected chi connectivity index (χ3v) is 7.27. The van der Waals surface area contributed by atoms with Crippen molar-refractivity contribution in [3.8, 4) is 28.1 Å². The van der Waals surface area contributed by atoms with Crippen LogP contribution in [0.2, 0.25) is 10.2 Å². The summed E-state index contributed by atoms with van der Waals surface area (Å²) in [6, 6.07) is 26.5. The monoisotopic (exact) mass is 607 g/mol. The number of aromatic nitrogens is 6. The fourth-order valence-electron chi connectivity index (χ4n) is 4.74. The smallest absolute Gasteiger partial charge is 0.254 e. The minimum Gasteiger partial charge on any atom is -0.324 e. The maximum absolute atomic E-state index is 13.7. The zero-order chi connectivity index (χ0) is 29.8. The Morgan fingerprint density at radius 3 is 2.33 bits per heavy atom. The number of anilines is 1. The first-order valence-electron chi connectivity index (χ1n) is 13.3. The molecular formula is C32H23Cl2N7O2. The fourth-order valence-corrected chi connectivity index (χ4v) is 5.03. The Morgan fingerprint density at radius 1 is 0.884 bits per heavy atom. The highest BCUT2D eigenvalue weighted by Crippen LogP contribution is 2.28. The SMILES string of the molecule is O=C(Nc1ccc(-c2ccncc2)cc1)C(Cc1ccccc1)n1cnc(-c2cc(Cl)ccc2-n2cc(Cl)nn2)cc1=O. The van der Waals surface area contributed by atoms with Crippen LogP contribution in [0.15, 0.2) is 121 Å². The second-order valence-electron chi connectivity index (χ2n) is 9.67. The highest BCUT2D eigenvalue weighted by atomic mass is 35.5. The van der Waals surface area contributed by atoms with E-state index in [1.54, 1.807) is 36.8 Å². The number of hydrogen-bond acceptors (Lipinski definition) is 6. The molecule has 0 spiro atoms. The van der Waals surface area contributed by atoms with E-state index in [0.29, 0.717) is 27.7 Å². The van der Waals surface area contributed by atoms with Crippen LogP contribution in [-0.2, 0) is 11.2 Å². The van der Waals surface area contributed by atoms with Crippen molar-refractivity contribution in [2.24, 2.45) is 0 Å². The number of rotatable bonds is 8. The van der Waals surface area contributed by atoms with Crippen molar-refractivity contribution in [1.29, 1.82) is 0 Å². The molecule has 1 unspecified atom stereocenters. The molecule has 6 aromatic rings. The predicted molar refractivity (Wildman–Crippen MR) is 166 cm³/mol. The average molecular weight is 608 g/mol. The van der Waals surface area contributed by atoms with Crippen LogP contribution < -0.4 is 10.9 Å². The Morgan fingerprint density at radius 2 is 1.63 bits per heavy atom. The highest BCUT2D eigenvalue weighted by molar-refractivity contribution is 6.31. The van der Waals surface area contributed by atoms with Gasteiger partial charge in [0.15, 0.2) is 5.15 Å². The molecule has 9 nitrogen and oxygen atoms in total. The van der Waals surface area contributed by atoms with Gasteiger partial charge in [0.2, 0.25) is 5.91 Å². The van der Waals surface area contributed by atoms with Crippen LogP contribution in [0.1, 0.15) is 11.6 Å². The van der Waals surface area contributed by atoms with Crippen molar-refractivity contribution in [2.45, 2.75) is 12.5 Å². The van der Waals surface area contributed by atoms with Gasteiger partial charge < -0.3 is 5.32 Å². The van der Waals surface area contributed by atoms with Crippen LogP contribution in [0.4, 0.5) is 5.69 Å². The number of benzene rings is 3. The summed E-state index contributed by atoms with van der Waals surface area (Å²) >= 11 is 12.3. The maximum atomic E-state index is 13.7. The second kappa shape index (κ2) is 12.4. The van der Waals surface area contributed by atoms with Crippen molar-refractivity contribution in [1.82, 2.24) is 29.5 Å². The van der Waals surface area contributed by atoms with Gasteiger partial charge in [0.1, 0.15) is 6.04 Å². The molecule has 0 aliphatic rings. The van der Waals surface area contributed by atoms with E-state index >= 15 is 0 Å².